The summed E-state index contributed by atoms with van der Waals surface area (Å²) in [6.07, 6.45) is -0.873. The van der Waals surface area contributed by atoms with E-state index in [1.54, 1.807) is 13.1 Å². The van der Waals surface area contributed by atoms with Gasteiger partial charge >= 0.3 is 12.1 Å². The number of aromatic amines is 1. The molecule has 0 saturated heterocycles. The lowest BCUT2D eigenvalue weighted by molar-refractivity contribution is -0.153. The van der Waals surface area contributed by atoms with Gasteiger partial charge < -0.3 is 14.8 Å². The lowest BCUT2D eigenvalue weighted by Crippen LogP contribution is -2.24. The molecule has 36 heavy (non-hydrogen) atoms. The van der Waals surface area contributed by atoms with Gasteiger partial charge in [-0.1, -0.05) is 53.7 Å². The second-order valence-electron chi connectivity index (χ2n) is 10.9. The number of benzene rings is 2. The number of nitrogens with one attached hydrogen (secondary N) is 1. The molecule has 0 atom stereocenters. The SMILES string of the molecule is CCC(C)(C)c1cc(C(C)(C)C)cc(-c2c[nH]c3ccc(/C(C)=C/C(=O)O)cc23)c1OCC(F)(F)F. The molecular formula is C29H34F3NO3. The molecule has 1 heterocycles. The largest absolute Gasteiger partial charge is 0.483 e. The predicted octanol–water partition coefficient (Wildman–Crippen LogP) is 8.25. The molecule has 3 rings (SSSR count). The molecule has 7 heteroatoms. The number of halogens is 3. The summed E-state index contributed by atoms with van der Waals surface area (Å²) in [5.74, 6) is -0.828. The molecule has 194 valence electrons. The van der Waals surface area contributed by atoms with Crippen molar-refractivity contribution in [1.29, 1.82) is 0 Å². The number of hydrogen-bond donors (Lipinski definition) is 2. The van der Waals surface area contributed by atoms with Crippen LogP contribution in [0.25, 0.3) is 27.6 Å². The molecule has 2 N–H and O–H groups in total. The van der Waals surface area contributed by atoms with E-state index >= 15 is 0 Å². The van der Waals surface area contributed by atoms with E-state index in [9.17, 15) is 18.0 Å². The van der Waals surface area contributed by atoms with E-state index in [1.807, 2.05) is 51.1 Å². The Morgan fingerprint density at radius 3 is 2.28 bits per heavy atom. The van der Waals surface area contributed by atoms with Crippen LogP contribution >= 0.6 is 0 Å². The number of carboxylic acids is 1. The maximum Gasteiger partial charge on any atom is 0.422 e. The molecule has 0 bridgehead atoms. The third-order valence-corrected chi connectivity index (χ3v) is 6.72. The van der Waals surface area contributed by atoms with Crippen LogP contribution in [0.15, 0.2) is 42.6 Å². The molecule has 0 saturated carbocycles. The number of ether oxygens (including phenoxy) is 1. The predicted molar refractivity (Wildman–Crippen MR) is 139 cm³/mol. The molecule has 0 spiro atoms. The van der Waals surface area contributed by atoms with E-state index in [2.05, 4.69) is 25.8 Å². The average molecular weight is 502 g/mol. The fourth-order valence-corrected chi connectivity index (χ4v) is 4.12. The van der Waals surface area contributed by atoms with E-state index in [1.165, 1.54) is 0 Å². The quantitative estimate of drug-likeness (QED) is 0.320. The lowest BCUT2D eigenvalue weighted by atomic mass is 9.76. The highest BCUT2D eigenvalue weighted by atomic mass is 19.4. The third-order valence-electron chi connectivity index (χ3n) is 6.72. The van der Waals surface area contributed by atoms with Crippen LogP contribution in [0.4, 0.5) is 13.2 Å². The standard InChI is InChI=1S/C29H34F3NO3/c1-8-28(6,7)23-14-19(27(3,4)5)13-21(26(23)36-16-29(30,31)32)22-15-33-24-10-9-18(12-20(22)24)17(2)11-25(34)35/h9-15,33H,8,16H2,1-7H3,(H,34,35)/b17-11+. The summed E-state index contributed by atoms with van der Waals surface area (Å²) in [6, 6.07) is 9.40. The highest BCUT2D eigenvalue weighted by Gasteiger charge is 2.33. The van der Waals surface area contributed by atoms with Crippen LogP contribution in [0, 0.1) is 0 Å². The average Bonchev–Trinajstić information content (AvgIpc) is 3.18. The zero-order chi connectivity index (χ0) is 27.1. The second-order valence-corrected chi connectivity index (χ2v) is 10.9. The summed E-state index contributed by atoms with van der Waals surface area (Å²) in [6.45, 7) is 12.5. The maximum absolute atomic E-state index is 13.3. The number of aliphatic carboxylic acids is 1. The monoisotopic (exact) mass is 501 g/mol. The molecule has 0 aliphatic rings. The van der Waals surface area contributed by atoms with Crippen LogP contribution in [-0.4, -0.2) is 28.8 Å². The highest BCUT2D eigenvalue weighted by Crippen LogP contribution is 2.46. The van der Waals surface area contributed by atoms with Crippen LogP contribution < -0.4 is 4.74 Å². The molecule has 3 aromatic rings. The summed E-state index contributed by atoms with van der Waals surface area (Å²) >= 11 is 0. The van der Waals surface area contributed by atoms with Crippen molar-refractivity contribution in [1.82, 2.24) is 4.98 Å². The Balaban J connectivity index is 2.38. The van der Waals surface area contributed by atoms with E-state index < -0.39 is 24.2 Å². The summed E-state index contributed by atoms with van der Waals surface area (Å²) < 4.78 is 45.5. The molecule has 0 amide bonds. The van der Waals surface area contributed by atoms with Gasteiger partial charge in [0.1, 0.15) is 5.75 Å². The Morgan fingerprint density at radius 1 is 1.06 bits per heavy atom. The number of fused-ring (bicyclic) bond motifs is 1. The van der Waals surface area contributed by atoms with Crippen molar-refractivity contribution < 1.29 is 27.8 Å². The third kappa shape index (κ3) is 5.94. The molecular weight excluding hydrogens is 467 g/mol. The van der Waals surface area contributed by atoms with E-state index in [0.717, 1.165) is 28.1 Å². The van der Waals surface area contributed by atoms with E-state index in [-0.39, 0.29) is 11.2 Å². The fourth-order valence-electron chi connectivity index (χ4n) is 4.12. The number of alkyl halides is 3. The van der Waals surface area contributed by atoms with Crippen LogP contribution in [0.2, 0.25) is 0 Å². The zero-order valence-corrected chi connectivity index (χ0v) is 21.9. The second kappa shape index (κ2) is 9.68. The van der Waals surface area contributed by atoms with Crippen molar-refractivity contribution in [3.05, 3.63) is 59.3 Å². The van der Waals surface area contributed by atoms with E-state index in [4.69, 9.17) is 9.84 Å². The van der Waals surface area contributed by atoms with Gasteiger partial charge in [-0.25, -0.2) is 4.79 Å². The summed E-state index contributed by atoms with van der Waals surface area (Å²) in [4.78, 5) is 14.4. The minimum absolute atomic E-state index is 0.219. The Bertz CT molecular complexity index is 1310. The van der Waals surface area contributed by atoms with Crippen molar-refractivity contribution in [2.24, 2.45) is 0 Å². The van der Waals surface area contributed by atoms with Crippen molar-refractivity contribution in [3.8, 4) is 16.9 Å². The molecule has 0 fully saturated rings. The first kappa shape index (κ1) is 27.4. The molecule has 0 aliphatic carbocycles. The zero-order valence-electron chi connectivity index (χ0n) is 21.9. The fraction of sp³-hybridized carbons (Fsp3) is 0.414. The van der Waals surface area contributed by atoms with Crippen LogP contribution in [0.1, 0.15) is 71.6 Å². The number of carboxylic acid groups (broad SMARTS) is 1. The number of H-pyrrole nitrogens is 1. The Morgan fingerprint density at radius 2 is 1.72 bits per heavy atom. The van der Waals surface area contributed by atoms with Crippen molar-refractivity contribution in [2.45, 2.75) is 71.9 Å². The van der Waals surface area contributed by atoms with Gasteiger partial charge in [0.15, 0.2) is 6.61 Å². The maximum atomic E-state index is 13.3. The molecule has 0 aliphatic heterocycles. The van der Waals surface area contributed by atoms with Crippen LogP contribution in [-0.2, 0) is 15.6 Å². The van der Waals surface area contributed by atoms with Gasteiger partial charge in [0.25, 0.3) is 0 Å². The number of rotatable bonds is 7. The van der Waals surface area contributed by atoms with Crippen molar-refractivity contribution >= 4 is 22.4 Å². The molecule has 0 unspecified atom stereocenters. The number of carbonyl (C=O) groups is 1. The summed E-state index contributed by atoms with van der Waals surface area (Å²) in [5.41, 5.74) is 4.37. The van der Waals surface area contributed by atoms with Crippen LogP contribution in [0.3, 0.4) is 0 Å². The Labute approximate surface area is 210 Å². The Hall–Kier alpha value is -3.22. The first-order valence-electron chi connectivity index (χ1n) is 11.9. The van der Waals surface area contributed by atoms with Gasteiger partial charge in [-0.15, -0.1) is 0 Å². The number of allylic oxidation sites excluding steroid dienone is 1. The number of aromatic nitrogens is 1. The summed E-state index contributed by atoms with van der Waals surface area (Å²) in [7, 11) is 0. The van der Waals surface area contributed by atoms with Crippen LogP contribution in [0.5, 0.6) is 5.75 Å². The van der Waals surface area contributed by atoms with Crippen molar-refractivity contribution in [2.75, 3.05) is 6.61 Å². The lowest BCUT2D eigenvalue weighted by Gasteiger charge is -2.31. The minimum atomic E-state index is -4.49. The number of hydrogen-bond acceptors (Lipinski definition) is 2. The molecule has 2 aromatic carbocycles. The normalized spacial score (nSPS) is 13.3. The molecule has 1 aromatic heterocycles. The van der Waals surface area contributed by atoms with Crippen molar-refractivity contribution in [3.63, 3.8) is 0 Å². The summed E-state index contributed by atoms with van der Waals surface area (Å²) in [5, 5.41) is 9.93. The topological polar surface area (TPSA) is 62.3 Å². The first-order chi connectivity index (χ1) is 16.5. The van der Waals surface area contributed by atoms with E-state index in [0.29, 0.717) is 28.7 Å². The molecule has 4 nitrogen and oxygen atoms in total. The van der Waals surface area contributed by atoms with Gasteiger partial charge in [-0.3, -0.25) is 0 Å². The smallest absolute Gasteiger partial charge is 0.422 e. The van der Waals surface area contributed by atoms with Gasteiger partial charge in [-0.05, 0) is 59.1 Å². The highest BCUT2D eigenvalue weighted by molar-refractivity contribution is 6.00. The van der Waals surface area contributed by atoms with Gasteiger partial charge in [-0.2, -0.15) is 13.2 Å². The first-order valence-corrected chi connectivity index (χ1v) is 11.9. The minimum Gasteiger partial charge on any atom is -0.483 e. The van der Waals surface area contributed by atoms with Gasteiger partial charge in [0, 0.05) is 39.9 Å². The van der Waals surface area contributed by atoms with Gasteiger partial charge in [0.05, 0.1) is 0 Å². The van der Waals surface area contributed by atoms with Gasteiger partial charge in [0.2, 0.25) is 0 Å². The Kier molecular flexibility index (Phi) is 7.36. The molecule has 0 radical (unpaired) electrons.